The maximum Gasteiger partial charge on any atom is 0.321 e. The van der Waals surface area contributed by atoms with Crippen LogP contribution in [-0.4, -0.2) is 59.3 Å². The SMILES string of the molecule is O=C(Nc1ccccc1F)N1CCCCN2[C@H](C1)[C@H](c1ccc(C3=CCCCC3)cc1)[C@@H]2CO. The zero-order valence-electron chi connectivity index (χ0n) is 19.6. The van der Waals surface area contributed by atoms with E-state index >= 15 is 0 Å². The van der Waals surface area contributed by atoms with Crippen LogP contribution in [0.1, 0.15) is 55.6 Å². The molecule has 3 aliphatic rings. The Hall–Kier alpha value is -2.70. The highest BCUT2D eigenvalue weighted by Gasteiger charge is 2.49. The minimum absolute atomic E-state index is 0.0688. The van der Waals surface area contributed by atoms with Gasteiger partial charge in [0.1, 0.15) is 5.82 Å². The van der Waals surface area contributed by atoms with Gasteiger partial charge in [-0.2, -0.15) is 0 Å². The summed E-state index contributed by atoms with van der Waals surface area (Å²) in [6.07, 6.45) is 9.06. The number of fused-ring (bicyclic) bond motifs is 1. The quantitative estimate of drug-likeness (QED) is 0.652. The number of amides is 2. The van der Waals surface area contributed by atoms with E-state index in [0.29, 0.717) is 13.1 Å². The fourth-order valence-electron chi connectivity index (χ4n) is 5.90. The Labute approximate surface area is 201 Å². The highest BCUT2D eigenvalue weighted by Crippen LogP contribution is 2.42. The zero-order chi connectivity index (χ0) is 23.5. The van der Waals surface area contributed by atoms with Crippen LogP contribution in [-0.2, 0) is 0 Å². The molecule has 1 aliphatic carbocycles. The maximum atomic E-state index is 14.1. The maximum absolute atomic E-state index is 14.1. The number of nitrogens with one attached hydrogen (secondary N) is 1. The number of halogens is 1. The molecule has 2 aromatic carbocycles. The van der Waals surface area contributed by atoms with Gasteiger partial charge in [0.05, 0.1) is 12.3 Å². The molecule has 0 spiro atoms. The Kier molecular flexibility index (Phi) is 6.97. The first-order valence-corrected chi connectivity index (χ1v) is 12.6. The summed E-state index contributed by atoms with van der Waals surface area (Å²) in [5.74, 6) is -0.263. The van der Waals surface area contributed by atoms with Crippen molar-refractivity contribution in [1.29, 1.82) is 0 Å². The van der Waals surface area contributed by atoms with Gasteiger partial charge in [-0.1, -0.05) is 42.5 Å². The van der Waals surface area contributed by atoms with E-state index in [0.717, 1.165) is 32.2 Å². The standard InChI is InChI=1S/C28H34FN3O2/c29-23-10-4-5-11-24(23)30-28(34)31-16-6-7-17-32-25(18-31)27(26(32)19-33)22-14-12-21(13-15-22)20-8-2-1-3-9-20/h4-5,8,10-15,25-27,33H,1-3,6-7,9,16-19H2,(H,30,34)/t25-,26+,27+/m1/s1. The molecule has 5 nitrogen and oxygen atoms in total. The van der Waals surface area contributed by atoms with Crippen molar-refractivity contribution in [3.8, 4) is 0 Å². The van der Waals surface area contributed by atoms with Crippen molar-refractivity contribution in [3.05, 3.63) is 71.6 Å². The normalized spacial score (nSPS) is 25.4. The van der Waals surface area contributed by atoms with Crippen molar-refractivity contribution in [2.75, 3.05) is 31.6 Å². The average Bonchev–Trinajstić information content (AvgIpc) is 2.85. The fraction of sp³-hybridized carbons (Fsp3) is 0.464. The van der Waals surface area contributed by atoms with Crippen molar-refractivity contribution in [2.45, 2.75) is 56.5 Å². The van der Waals surface area contributed by atoms with Gasteiger partial charge in [-0.25, -0.2) is 9.18 Å². The van der Waals surface area contributed by atoms with E-state index in [1.165, 1.54) is 35.6 Å². The third-order valence-corrected chi connectivity index (χ3v) is 7.73. The molecule has 3 atom stereocenters. The number of carbonyl (C=O) groups is 1. The van der Waals surface area contributed by atoms with Crippen LogP contribution in [0.5, 0.6) is 0 Å². The Morgan fingerprint density at radius 3 is 2.56 bits per heavy atom. The van der Waals surface area contributed by atoms with Crippen molar-refractivity contribution in [2.24, 2.45) is 0 Å². The molecule has 2 amide bonds. The molecule has 0 saturated carbocycles. The molecule has 0 unspecified atom stereocenters. The largest absolute Gasteiger partial charge is 0.395 e. The molecule has 2 N–H and O–H groups in total. The molecular weight excluding hydrogens is 429 g/mol. The van der Waals surface area contributed by atoms with Gasteiger partial charge < -0.3 is 15.3 Å². The summed E-state index contributed by atoms with van der Waals surface area (Å²) in [7, 11) is 0. The van der Waals surface area contributed by atoms with Gasteiger partial charge in [0.15, 0.2) is 0 Å². The van der Waals surface area contributed by atoms with Crippen LogP contribution >= 0.6 is 0 Å². The van der Waals surface area contributed by atoms with Gasteiger partial charge in [-0.3, -0.25) is 4.90 Å². The van der Waals surface area contributed by atoms with Gasteiger partial charge in [0.2, 0.25) is 0 Å². The number of aliphatic hydroxyl groups excluding tert-OH is 1. The van der Waals surface area contributed by atoms with Crippen molar-refractivity contribution < 1.29 is 14.3 Å². The lowest BCUT2D eigenvalue weighted by atomic mass is 9.74. The van der Waals surface area contributed by atoms with Crippen LogP contribution in [0.3, 0.4) is 0 Å². The van der Waals surface area contributed by atoms with Crippen molar-refractivity contribution in [1.82, 2.24) is 9.80 Å². The molecule has 5 rings (SSSR count). The number of benzene rings is 2. The Balaban J connectivity index is 1.33. The van der Waals surface area contributed by atoms with Crippen LogP contribution in [0.2, 0.25) is 0 Å². The van der Waals surface area contributed by atoms with Gasteiger partial charge in [0, 0.05) is 31.1 Å². The molecule has 2 aromatic rings. The summed E-state index contributed by atoms with van der Waals surface area (Å²) in [6, 6.07) is 15.1. The highest BCUT2D eigenvalue weighted by atomic mass is 19.1. The number of nitrogens with zero attached hydrogens (tertiary/aromatic N) is 2. The van der Waals surface area contributed by atoms with E-state index in [4.69, 9.17) is 0 Å². The number of hydrogen-bond donors (Lipinski definition) is 2. The second-order valence-electron chi connectivity index (χ2n) is 9.74. The first-order valence-electron chi connectivity index (χ1n) is 12.6. The summed E-state index contributed by atoms with van der Waals surface area (Å²) in [6.45, 7) is 2.25. The van der Waals surface area contributed by atoms with E-state index in [1.807, 2.05) is 4.90 Å². The topological polar surface area (TPSA) is 55.8 Å². The summed E-state index contributed by atoms with van der Waals surface area (Å²) in [4.78, 5) is 17.2. The van der Waals surface area contributed by atoms with Gasteiger partial charge in [-0.05, 0) is 73.9 Å². The van der Waals surface area contributed by atoms with Crippen LogP contribution in [0.4, 0.5) is 14.9 Å². The van der Waals surface area contributed by atoms with Gasteiger partial charge in [-0.15, -0.1) is 0 Å². The zero-order valence-corrected chi connectivity index (χ0v) is 19.6. The summed E-state index contributed by atoms with van der Waals surface area (Å²) >= 11 is 0. The van der Waals surface area contributed by atoms with E-state index in [-0.39, 0.29) is 36.3 Å². The van der Waals surface area contributed by atoms with Crippen LogP contribution in [0.15, 0.2) is 54.6 Å². The van der Waals surface area contributed by atoms with E-state index < -0.39 is 5.82 Å². The number of carbonyl (C=O) groups excluding carboxylic acids is 1. The van der Waals surface area contributed by atoms with Crippen LogP contribution in [0, 0.1) is 5.82 Å². The minimum Gasteiger partial charge on any atom is -0.395 e. The lowest BCUT2D eigenvalue weighted by Gasteiger charge is -2.57. The minimum atomic E-state index is -0.431. The number of aliphatic hydroxyl groups is 1. The van der Waals surface area contributed by atoms with E-state index in [2.05, 4.69) is 40.6 Å². The molecule has 2 saturated heterocycles. The van der Waals surface area contributed by atoms with E-state index in [9.17, 15) is 14.3 Å². The lowest BCUT2D eigenvalue weighted by Crippen LogP contribution is -2.68. The summed E-state index contributed by atoms with van der Waals surface area (Å²) in [5.41, 5.74) is 4.16. The van der Waals surface area contributed by atoms with Crippen LogP contribution in [0.25, 0.3) is 5.57 Å². The highest BCUT2D eigenvalue weighted by molar-refractivity contribution is 5.89. The third-order valence-electron chi connectivity index (χ3n) is 7.73. The third kappa shape index (κ3) is 4.62. The molecule has 2 heterocycles. The summed E-state index contributed by atoms with van der Waals surface area (Å²) < 4.78 is 14.1. The molecule has 0 aromatic heterocycles. The summed E-state index contributed by atoms with van der Waals surface area (Å²) in [5, 5.41) is 12.9. The molecule has 180 valence electrons. The number of para-hydroxylation sites is 1. The number of urea groups is 1. The first kappa shape index (κ1) is 23.1. The molecule has 0 bridgehead atoms. The number of allylic oxidation sites excluding steroid dienone is 2. The molecule has 6 heteroatoms. The second kappa shape index (κ2) is 10.3. The fourth-order valence-corrected chi connectivity index (χ4v) is 5.90. The number of rotatable bonds is 4. The molecular formula is C28H34FN3O2. The van der Waals surface area contributed by atoms with Crippen molar-refractivity contribution >= 4 is 17.3 Å². The Morgan fingerprint density at radius 1 is 1.03 bits per heavy atom. The smallest absolute Gasteiger partial charge is 0.321 e. The van der Waals surface area contributed by atoms with Crippen LogP contribution < -0.4 is 5.32 Å². The Morgan fingerprint density at radius 2 is 1.82 bits per heavy atom. The monoisotopic (exact) mass is 463 g/mol. The predicted molar refractivity (Wildman–Crippen MR) is 133 cm³/mol. The molecule has 0 radical (unpaired) electrons. The van der Waals surface area contributed by atoms with E-state index in [1.54, 1.807) is 18.2 Å². The first-order chi connectivity index (χ1) is 16.7. The number of hydrogen-bond acceptors (Lipinski definition) is 3. The predicted octanol–water partition coefficient (Wildman–Crippen LogP) is 5.24. The molecule has 2 fully saturated rings. The average molecular weight is 464 g/mol. The van der Waals surface area contributed by atoms with Gasteiger partial charge in [0.25, 0.3) is 0 Å². The Bertz CT molecular complexity index is 1040. The molecule has 2 aliphatic heterocycles. The van der Waals surface area contributed by atoms with Gasteiger partial charge >= 0.3 is 6.03 Å². The number of anilines is 1. The second-order valence-corrected chi connectivity index (χ2v) is 9.74. The molecule has 34 heavy (non-hydrogen) atoms. The van der Waals surface area contributed by atoms with Crippen molar-refractivity contribution in [3.63, 3.8) is 0 Å². The lowest BCUT2D eigenvalue weighted by molar-refractivity contribution is -0.0585.